The lowest BCUT2D eigenvalue weighted by Crippen LogP contribution is -2.46. The van der Waals surface area contributed by atoms with Crippen LogP contribution in [0.5, 0.6) is 0 Å². The van der Waals surface area contributed by atoms with Gasteiger partial charge in [0.15, 0.2) is 0 Å². The van der Waals surface area contributed by atoms with Gasteiger partial charge in [0.05, 0.1) is 18.8 Å². The van der Waals surface area contributed by atoms with Gasteiger partial charge in [-0.1, -0.05) is 13.3 Å². The summed E-state index contributed by atoms with van der Waals surface area (Å²) >= 11 is 0. The number of aliphatic hydroxyl groups excluding tert-OH is 1. The lowest BCUT2D eigenvalue weighted by Gasteiger charge is -2.22. The van der Waals surface area contributed by atoms with Crippen LogP contribution < -0.4 is 5.32 Å². The third-order valence-corrected chi connectivity index (χ3v) is 1.57. The number of aliphatic hydroxyl groups is 1. The van der Waals surface area contributed by atoms with Gasteiger partial charge in [-0.25, -0.2) is 4.79 Å². The predicted octanol–water partition coefficient (Wildman–Crippen LogP) is 1.28. The van der Waals surface area contributed by atoms with E-state index in [0.717, 1.165) is 12.8 Å². The van der Waals surface area contributed by atoms with E-state index in [1.807, 2.05) is 6.92 Å². The first kappa shape index (κ1) is 12.2. The molecule has 0 atom stereocenters. The van der Waals surface area contributed by atoms with Crippen LogP contribution in [0.1, 0.15) is 33.6 Å². The van der Waals surface area contributed by atoms with Crippen molar-refractivity contribution in [1.82, 2.24) is 5.32 Å². The first-order valence-corrected chi connectivity index (χ1v) is 4.57. The average Bonchev–Trinajstić information content (AvgIpc) is 2.04. The van der Waals surface area contributed by atoms with Gasteiger partial charge < -0.3 is 15.2 Å². The molecule has 0 saturated carbocycles. The number of rotatable bonds is 5. The van der Waals surface area contributed by atoms with Gasteiger partial charge in [0.25, 0.3) is 0 Å². The number of alkyl carbamates (subject to hydrolysis) is 1. The summed E-state index contributed by atoms with van der Waals surface area (Å²) in [5.74, 6) is 0. The van der Waals surface area contributed by atoms with Crippen molar-refractivity contribution in [2.24, 2.45) is 0 Å². The van der Waals surface area contributed by atoms with Crippen LogP contribution in [0, 0.1) is 0 Å². The fourth-order valence-electron chi connectivity index (χ4n) is 0.661. The topological polar surface area (TPSA) is 58.6 Å². The maximum absolute atomic E-state index is 11.0. The molecule has 1 amide bonds. The maximum atomic E-state index is 11.0. The van der Waals surface area contributed by atoms with Crippen LogP contribution >= 0.6 is 0 Å². The van der Waals surface area contributed by atoms with Crippen molar-refractivity contribution >= 4 is 6.09 Å². The van der Waals surface area contributed by atoms with E-state index in [9.17, 15) is 4.79 Å². The number of carbonyl (C=O) groups is 1. The van der Waals surface area contributed by atoms with E-state index < -0.39 is 11.6 Å². The summed E-state index contributed by atoms with van der Waals surface area (Å²) in [6.07, 6.45) is 1.40. The molecule has 0 heterocycles. The highest BCUT2D eigenvalue weighted by Crippen LogP contribution is 2.00. The van der Waals surface area contributed by atoms with Gasteiger partial charge in [-0.05, 0) is 20.3 Å². The smallest absolute Gasteiger partial charge is 0.407 e. The fraction of sp³-hybridized carbons (Fsp3) is 0.889. The molecule has 0 aliphatic heterocycles. The largest absolute Gasteiger partial charge is 0.450 e. The quantitative estimate of drug-likeness (QED) is 0.640. The lowest BCUT2D eigenvalue weighted by atomic mass is 10.1. The molecule has 0 unspecified atom stereocenters. The first-order chi connectivity index (χ1) is 6.02. The summed E-state index contributed by atoms with van der Waals surface area (Å²) in [5, 5.41) is 11.4. The Morgan fingerprint density at radius 2 is 2.15 bits per heavy atom. The summed E-state index contributed by atoms with van der Waals surface area (Å²) in [5.41, 5.74) is -0.608. The van der Waals surface area contributed by atoms with Gasteiger partial charge in [-0.2, -0.15) is 0 Å². The summed E-state index contributed by atoms with van der Waals surface area (Å²) in [7, 11) is 0. The summed E-state index contributed by atoms with van der Waals surface area (Å²) in [6.45, 7) is 5.82. The normalized spacial score (nSPS) is 11.1. The van der Waals surface area contributed by atoms with Crippen molar-refractivity contribution in [2.75, 3.05) is 13.2 Å². The molecule has 0 saturated heterocycles. The Kier molecular flexibility index (Phi) is 5.46. The number of hydrogen-bond donors (Lipinski definition) is 2. The second kappa shape index (κ2) is 5.80. The van der Waals surface area contributed by atoms with E-state index in [1.54, 1.807) is 13.8 Å². The highest BCUT2D eigenvalue weighted by molar-refractivity contribution is 5.68. The van der Waals surface area contributed by atoms with Gasteiger partial charge in [0.2, 0.25) is 0 Å². The zero-order valence-electron chi connectivity index (χ0n) is 8.59. The van der Waals surface area contributed by atoms with Crippen molar-refractivity contribution in [3.05, 3.63) is 0 Å². The highest BCUT2D eigenvalue weighted by Gasteiger charge is 2.19. The van der Waals surface area contributed by atoms with Crippen molar-refractivity contribution in [3.63, 3.8) is 0 Å². The Morgan fingerprint density at radius 1 is 1.54 bits per heavy atom. The highest BCUT2D eigenvalue weighted by atomic mass is 16.5. The molecule has 0 fully saturated rings. The molecule has 78 valence electrons. The molecular formula is C9H19NO3. The van der Waals surface area contributed by atoms with Gasteiger partial charge in [0.1, 0.15) is 0 Å². The van der Waals surface area contributed by atoms with Gasteiger partial charge in [-0.15, -0.1) is 0 Å². The Bertz CT molecular complexity index is 157. The van der Waals surface area contributed by atoms with E-state index >= 15 is 0 Å². The standard InChI is InChI=1S/C9H19NO3/c1-4-5-6-13-8(12)10-9(2,3)7-11/h11H,4-7H2,1-3H3,(H,10,12). The SMILES string of the molecule is CCCCOC(=O)NC(C)(C)CO. The molecule has 0 rings (SSSR count). The van der Waals surface area contributed by atoms with E-state index in [2.05, 4.69) is 5.32 Å². The van der Waals surface area contributed by atoms with Crippen LogP contribution in [-0.2, 0) is 4.74 Å². The van der Waals surface area contributed by atoms with Crippen molar-refractivity contribution in [3.8, 4) is 0 Å². The van der Waals surface area contributed by atoms with E-state index in [-0.39, 0.29) is 6.61 Å². The molecule has 0 spiro atoms. The Morgan fingerprint density at radius 3 is 2.62 bits per heavy atom. The fourth-order valence-corrected chi connectivity index (χ4v) is 0.661. The second-order valence-electron chi connectivity index (χ2n) is 3.66. The number of hydrogen-bond acceptors (Lipinski definition) is 3. The molecular weight excluding hydrogens is 170 g/mol. The van der Waals surface area contributed by atoms with Gasteiger partial charge in [0, 0.05) is 0 Å². The van der Waals surface area contributed by atoms with E-state index in [1.165, 1.54) is 0 Å². The molecule has 0 aromatic rings. The molecule has 0 aliphatic carbocycles. The zero-order chi connectivity index (χ0) is 10.3. The molecule has 13 heavy (non-hydrogen) atoms. The molecule has 0 bridgehead atoms. The first-order valence-electron chi connectivity index (χ1n) is 4.57. The summed E-state index contributed by atoms with van der Waals surface area (Å²) in [6, 6.07) is 0. The number of unbranched alkanes of at least 4 members (excludes halogenated alkanes) is 1. The zero-order valence-corrected chi connectivity index (χ0v) is 8.59. The summed E-state index contributed by atoms with van der Waals surface area (Å²) < 4.78 is 4.86. The molecule has 0 radical (unpaired) electrons. The lowest BCUT2D eigenvalue weighted by molar-refractivity contribution is 0.120. The minimum Gasteiger partial charge on any atom is -0.450 e. The van der Waals surface area contributed by atoms with E-state index in [0.29, 0.717) is 6.61 Å². The van der Waals surface area contributed by atoms with Crippen LogP contribution in [0.3, 0.4) is 0 Å². The van der Waals surface area contributed by atoms with Crippen LogP contribution in [0.4, 0.5) is 4.79 Å². The van der Waals surface area contributed by atoms with Crippen LogP contribution in [-0.4, -0.2) is 30.0 Å². The molecule has 2 N–H and O–H groups in total. The van der Waals surface area contributed by atoms with Crippen LogP contribution in [0.2, 0.25) is 0 Å². The molecule has 0 aliphatic rings. The molecule has 4 nitrogen and oxygen atoms in total. The third kappa shape index (κ3) is 6.40. The van der Waals surface area contributed by atoms with Crippen molar-refractivity contribution < 1.29 is 14.6 Å². The van der Waals surface area contributed by atoms with Crippen molar-refractivity contribution in [1.29, 1.82) is 0 Å². The molecule has 0 aromatic carbocycles. The van der Waals surface area contributed by atoms with Crippen LogP contribution in [0.25, 0.3) is 0 Å². The minimum atomic E-state index is -0.608. The van der Waals surface area contributed by atoms with E-state index in [4.69, 9.17) is 9.84 Å². The number of ether oxygens (including phenoxy) is 1. The Labute approximate surface area is 79.3 Å². The van der Waals surface area contributed by atoms with Gasteiger partial charge >= 0.3 is 6.09 Å². The maximum Gasteiger partial charge on any atom is 0.407 e. The number of nitrogens with one attached hydrogen (secondary N) is 1. The monoisotopic (exact) mass is 189 g/mol. The number of carbonyl (C=O) groups excluding carboxylic acids is 1. The molecule has 0 aromatic heterocycles. The second-order valence-corrected chi connectivity index (χ2v) is 3.66. The Balaban J connectivity index is 3.62. The predicted molar refractivity (Wildman–Crippen MR) is 50.6 cm³/mol. The average molecular weight is 189 g/mol. The number of amides is 1. The molecule has 4 heteroatoms. The minimum absolute atomic E-state index is 0.101. The summed E-state index contributed by atoms with van der Waals surface area (Å²) in [4.78, 5) is 11.0. The van der Waals surface area contributed by atoms with Crippen molar-refractivity contribution in [2.45, 2.75) is 39.2 Å². The third-order valence-electron chi connectivity index (χ3n) is 1.57. The Hall–Kier alpha value is -0.770. The van der Waals surface area contributed by atoms with Gasteiger partial charge in [-0.3, -0.25) is 0 Å². The van der Waals surface area contributed by atoms with Crippen LogP contribution in [0.15, 0.2) is 0 Å².